The molecule has 1 aromatic heterocycles. The van der Waals surface area contributed by atoms with Crippen LogP contribution in [0, 0.1) is 6.92 Å². The Hall–Kier alpha value is -0.810. The fraction of sp³-hybridized carbons (Fsp3) is 0.500. The molecule has 1 unspecified atom stereocenters. The summed E-state index contributed by atoms with van der Waals surface area (Å²) in [5.74, 6) is 1.08. The monoisotopic (exact) mass is 316 g/mol. The minimum absolute atomic E-state index is 0. The summed E-state index contributed by atoms with van der Waals surface area (Å²) >= 11 is 0. The molecule has 1 aromatic carbocycles. The molecular formula is C14H22Cl2N4. The summed E-state index contributed by atoms with van der Waals surface area (Å²) in [5, 5.41) is 3.38. The molecule has 112 valence electrons. The van der Waals surface area contributed by atoms with Gasteiger partial charge in [0.1, 0.15) is 5.82 Å². The van der Waals surface area contributed by atoms with Crippen molar-refractivity contribution >= 4 is 35.8 Å². The van der Waals surface area contributed by atoms with Gasteiger partial charge in [-0.15, -0.1) is 24.8 Å². The Morgan fingerprint density at radius 1 is 1.20 bits per heavy atom. The van der Waals surface area contributed by atoms with Crippen LogP contribution in [0.4, 0.5) is 0 Å². The van der Waals surface area contributed by atoms with Crippen LogP contribution in [-0.2, 0) is 0 Å². The fourth-order valence-electron chi connectivity index (χ4n) is 2.58. The van der Waals surface area contributed by atoms with Gasteiger partial charge >= 0.3 is 0 Å². The number of aryl methyl sites for hydroxylation is 1. The van der Waals surface area contributed by atoms with Crippen LogP contribution < -0.4 is 5.32 Å². The molecule has 6 heteroatoms. The maximum Gasteiger partial charge on any atom is 0.124 e. The molecule has 1 aliphatic rings. The molecule has 0 spiro atoms. The maximum atomic E-state index is 4.71. The highest BCUT2D eigenvalue weighted by Crippen LogP contribution is 2.21. The second-order valence-electron chi connectivity index (χ2n) is 5.10. The highest BCUT2D eigenvalue weighted by molar-refractivity contribution is 5.85. The summed E-state index contributed by atoms with van der Waals surface area (Å²) in [5.41, 5.74) is 3.48. The van der Waals surface area contributed by atoms with Crippen molar-refractivity contribution in [2.75, 3.05) is 26.2 Å². The van der Waals surface area contributed by atoms with Gasteiger partial charge in [-0.3, -0.25) is 4.90 Å². The molecule has 0 aliphatic carbocycles. The minimum atomic E-state index is 0. The van der Waals surface area contributed by atoms with Crippen LogP contribution in [0.25, 0.3) is 11.0 Å². The zero-order chi connectivity index (χ0) is 12.5. The first kappa shape index (κ1) is 17.2. The standard InChI is InChI=1S/C14H20N4.2ClH/c1-10-3-4-12-13(9-10)17-14(16-12)11(2)18-7-5-15-6-8-18;;/h3-4,9,11,15H,5-8H2,1-2H3,(H,16,17);2*1H. The summed E-state index contributed by atoms with van der Waals surface area (Å²) in [6.07, 6.45) is 0. The molecule has 2 heterocycles. The number of H-pyrrole nitrogens is 1. The molecule has 0 saturated carbocycles. The molecule has 0 bridgehead atoms. The zero-order valence-electron chi connectivity index (χ0n) is 11.8. The molecule has 1 aliphatic heterocycles. The number of fused-ring (bicyclic) bond motifs is 1. The van der Waals surface area contributed by atoms with E-state index in [9.17, 15) is 0 Å². The molecule has 0 radical (unpaired) electrons. The second kappa shape index (κ2) is 7.27. The van der Waals surface area contributed by atoms with E-state index in [4.69, 9.17) is 4.98 Å². The third kappa shape index (κ3) is 3.44. The SMILES string of the molecule is Cc1ccc2nc(C(C)N3CCNCC3)[nH]c2c1.Cl.Cl. The number of halogens is 2. The van der Waals surface area contributed by atoms with E-state index in [-0.39, 0.29) is 24.8 Å². The third-order valence-corrected chi connectivity index (χ3v) is 3.75. The number of nitrogens with zero attached hydrogens (tertiary/aromatic N) is 2. The lowest BCUT2D eigenvalue weighted by Crippen LogP contribution is -2.44. The first-order valence-corrected chi connectivity index (χ1v) is 6.65. The van der Waals surface area contributed by atoms with E-state index in [1.54, 1.807) is 0 Å². The van der Waals surface area contributed by atoms with Gasteiger partial charge in [-0.2, -0.15) is 0 Å². The lowest BCUT2D eigenvalue weighted by Gasteiger charge is -2.31. The van der Waals surface area contributed by atoms with Gasteiger partial charge in [0.25, 0.3) is 0 Å². The smallest absolute Gasteiger partial charge is 0.124 e. The van der Waals surface area contributed by atoms with E-state index in [2.05, 4.69) is 47.2 Å². The predicted molar refractivity (Wildman–Crippen MR) is 88.2 cm³/mol. The molecule has 0 amide bonds. The Morgan fingerprint density at radius 2 is 1.90 bits per heavy atom. The fourth-order valence-corrected chi connectivity index (χ4v) is 2.58. The molecule has 4 nitrogen and oxygen atoms in total. The quantitative estimate of drug-likeness (QED) is 0.895. The Labute approximate surface area is 132 Å². The van der Waals surface area contributed by atoms with Crippen molar-refractivity contribution in [3.05, 3.63) is 29.6 Å². The predicted octanol–water partition coefficient (Wildman–Crippen LogP) is 2.68. The van der Waals surface area contributed by atoms with E-state index in [1.165, 1.54) is 5.56 Å². The number of aromatic nitrogens is 2. The van der Waals surface area contributed by atoms with Crippen LogP contribution in [0.2, 0.25) is 0 Å². The van der Waals surface area contributed by atoms with Gasteiger partial charge in [0, 0.05) is 26.2 Å². The largest absolute Gasteiger partial charge is 0.341 e. The lowest BCUT2D eigenvalue weighted by atomic mass is 10.2. The number of aromatic amines is 1. The number of hydrogen-bond donors (Lipinski definition) is 2. The average Bonchev–Trinajstić information content (AvgIpc) is 2.81. The highest BCUT2D eigenvalue weighted by atomic mass is 35.5. The summed E-state index contributed by atoms with van der Waals surface area (Å²) in [4.78, 5) is 10.6. The average molecular weight is 317 g/mol. The molecular weight excluding hydrogens is 295 g/mol. The lowest BCUT2D eigenvalue weighted by molar-refractivity contribution is 0.180. The topological polar surface area (TPSA) is 44.0 Å². The van der Waals surface area contributed by atoms with Crippen LogP contribution in [0.15, 0.2) is 18.2 Å². The first-order chi connectivity index (χ1) is 8.74. The van der Waals surface area contributed by atoms with Gasteiger partial charge in [0.15, 0.2) is 0 Å². The summed E-state index contributed by atoms with van der Waals surface area (Å²) < 4.78 is 0. The molecule has 3 rings (SSSR count). The van der Waals surface area contributed by atoms with Crippen LogP contribution in [0.1, 0.15) is 24.4 Å². The van der Waals surface area contributed by atoms with Gasteiger partial charge in [-0.25, -0.2) is 4.98 Å². The first-order valence-electron chi connectivity index (χ1n) is 6.65. The Balaban J connectivity index is 0.000001000. The van der Waals surface area contributed by atoms with E-state index >= 15 is 0 Å². The summed E-state index contributed by atoms with van der Waals surface area (Å²) in [6, 6.07) is 6.73. The van der Waals surface area contributed by atoms with E-state index in [1.807, 2.05) is 0 Å². The van der Waals surface area contributed by atoms with Crippen molar-refractivity contribution in [2.45, 2.75) is 19.9 Å². The Bertz CT molecular complexity index is 549. The van der Waals surface area contributed by atoms with Crippen molar-refractivity contribution in [1.29, 1.82) is 0 Å². The van der Waals surface area contributed by atoms with Gasteiger partial charge in [0.2, 0.25) is 0 Å². The zero-order valence-corrected chi connectivity index (χ0v) is 13.5. The third-order valence-electron chi connectivity index (χ3n) is 3.75. The summed E-state index contributed by atoms with van der Waals surface area (Å²) in [7, 11) is 0. The molecule has 2 aromatic rings. The van der Waals surface area contributed by atoms with Crippen LogP contribution in [0.3, 0.4) is 0 Å². The van der Waals surface area contributed by atoms with Crippen molar-refractivity contribution in [2.24, 2.45) is 0 Å². The van der Waals surface area contributed by atoms with Gasteiger partial charge in [0.05, 0.1) is 17.1 Å². The molecule has 2 N–H and O–H groups in total. The van der Waals surface area contributed by atoms with Crippen LogP contribution in [0.5, 0.6) is 0 Å². The molecule has 1 atom stereocenters. The Morgan fingerprint density at radius 3 is 2.60 bits per heavy atom. The minimum Gasteiger partial charge on any atom is -0.341 e. The number of piperazine rings is 1. The number of imidazole rings is 1. The van der Waals surface area contributed by atoms with Crippen LogP contribution >= 0.6 is 24.8 Å². The van der Waals surface area contributed by atoms with Crippen LogP contribution in [-0.4, -0.2) is 41.0 Å². The van der Waals surface area contributed by atoms with Gasteiger partial charge in [-0.05, 0) is 31.5 Å². The Kier molecular flexibility index (Phi) is 6.27. The number of benzene rings is 1. The molecule has 1 fully saturated rings. The second-order valence-corrected chi connectivity index (χ2v) is 5.10. The normalized spacial score (nSPS) is 17.3. The number of nitrogens with one attached hydrogen (secondary N) is 2. The maximum absolute atomic E-state index is 4.71. The summed E-state index contributed by atoms with van der Waals surface area (Å²) in [6.45, 7) is 8.68. The molecule has 1 saturated heterocycles. The van der Waals surface area contributed by atoms with Crippen molar-refractivity contribution < 1.29 is 0 Å². The van der Waals surface area contributed by atoms with E-state index in [0.717, 1.165) is 43.0 Å². The molecule has 20 heavy (non-hydrogen) atoms. The van der Waals surface area contributed by atoms with Gasteiger partial charge in [-0.1, -0.05) is 6.07 Å². The van der Waals surface area contributed by atoms with E-state index < -0.39 is 0 Å². The van der Waals surface area contributed by atoms with Crippen molar-refractivity contribution in [1.82, 2.24) is 20.2 Å². The highest BCUT2D eigenvalue weighted by Gasteiger charge is 2.20. The van der Waals surface area contributed by atoms with Gasteiger partial charge < -0.3 is 10.3 Å². The van der Waals surface area contributed by atoms with Crippen molar-refractivity contribution in [3.63, 3.8) is 0 Å². The number of hydrogen-bond acceptors (Lipinski definition) is 3. The number of rotatable bonds is 2. The van der Waals surface area contributed by atoms with Crippen molar-refractivity contribution in [3.8, 4) is 0 Å². The van der Waals surface area contributed by atoms with E-state index in [0.29, 0.717) is 6.04 Å².